The number of nitrogens with one attached hydrogen (secondary N) is 1. The van der Waals surface area contributed by atoms with Crippen LogP contribution in [0.5, 0.6) is 0 Å². The summed E-state index contributed by atoms with van der Waals surface area (Å²) >= 11 is 0. The summed E-state index contributed by atoms with van der Waals surface area (Å²) in [6.07, 6.45) is -3.41. The molecule has 12 heteroatoms. The molecule has 2 atom stereocenters. The number of nitrogens with two attached hydrogens (primary N) is 1. The molecule has 1 aliphatic rings. The quantitative estimate of drug-likeness (QED) is 0.276. The molecule has 206 valence electrons. The largest absolute Gasteiger partial charge is 0.416 e. The maximum Gasteiger partial charge on any atom is 0.416 e. The van der Waals surface area contributed by atoms with Gasteiger partial charge in [0.05, 0.1) is 16.9 Å². The number of halogens is 4. The van der Waals surface area contributed by atoms with Gasteiger partial charge in [0.25, 0.3) is 11.8 Å². The smallest absolute Gasteiger partial charge is 0.339 e. The lowest BCUT2D eigenvalue weighted by Gasteiger charge is -2.38. The van der Waals surface area contributed by atoms with Gasteiger partial charge < -0.3 is 11.1 Å². The van der Waals surface area contributed by atoms with E-state index in [4.69, 9.17) is 5.73 Å². The number of likely N-dealkylation sites (N-methyl/N-ethyl adjacent to an activating group) is 1. The molecule has 4 aromatic rings. The topological polar surface area (TPSA) is 106 Å². The molecule has 2 amide bonds. The van der Waals surface area contributed by atoms with Gasteiger partial charge in [-0.25, -0.2) is 9.67 Å². The number of hydrogen-bond acceptors (Lipinski definition) is 5. The third kappa shape index (κ3) is 4.81. The maximum absolute atomic E-state index is 14.0. The summed E-state index contributed by atoms with van der Waals surface area (Å²) in [6.45, 7) is 1.92. The molecular weight excluding hydrogens is 528 g/mol. The van der Waals surface area contributed by atoms with E-state index >= 15 is 0 Å². The van der Waals surface area contributed by atoms with E-state index in [1.54, 1.807) is 11.6 Å². The van der Waals surface area contributed by atoms with Gasteiger partial charge in [-0.3, -0.25) is 14.5 Å². The number of anilines is 1. The van der Waals surface area contributed by atoms with E-state index in [-0.39, 0.29) is 18.7 Å². The molecule has 0 aliphatic carbocycles. The molecule has 0 bridgehead atoms. The molecule has 0 fully saturated rings. The van der Waals surface area contributed by atoms with Crippen LogP contribution in [0.15, 0.2) is 72.9 Å². The second-order valence-corrected chi connectivity index (χ2v) is 9.14. The van der Waals surface area contributed by atoms with Crippen LogP contribution in [0.4, 0.5) is 23.4 Å². The minimum Gasteiger partial charge on any atom is -0.339 e. The molecule has 8 nitrogen and oxygen atoms in total. The van der Waals surface area contributed by atoms with Crippen LogP contribution >= 0.6 is 0 Å². The molecule has 40 heavy (non-hydrogen) atoms. The molecule has 2 unspecified atom stereocenters. The van der Waals surface area contributed by atoms with E-state index in [1.165, 1.54) is 23.2 Å². The summed E-state index contributed by atoms with van der Waals surface area (Å²) in [5, 5.41) is 7.32. The van der Waals surface area contributed by atoms with Crippen molar-refractivity contribution in [2.45, 2.75) is 31.6 Å². The summed E-state index contributed by atoms with van der Waals surface area (Å²) in [4.78, 5) is 32.5. The first kappa shape index (κ1) is 27.0. The SMILES string of the molecule is CCN1C(=O)C(NC(=O)c2cccc(C(F)(F)F)c2)C(c2ccc(F)nc2)c2c(CN)nn(-c3ccccc3)c21. The molecule has 5 rings (SSSR count). The highest BCUT2D eigenvalue weighted by Crippen LogP contribution is 2.43. The summed E-state index contributed by atoms with van der Waals surface area (Å²) in [6, 6.07) is 14.3. The molecule has 1 aliphatic heterocycles. The highest BCUT2D eigenvalue weighted by atomic mass is 19.4. The summed E-state index contributed by atoms with van der Waals surface area (Å²) in [5.41, 5.74) is 6.83. The van der Waals surface area contributed by atoms with Crippen LogP contribution < -0.4 is 16.0 Å². The third-order valence-electron chi connectivity index (χ3n) is 6.76. The van der Waals surface area contributed by atoms with E-state index in [0.717, 1.165) is 24.3 Å². The predicted molar refractivity (Wildman–Crippen MR) is 138 cm³/mol. The highest BCUT2D eigenvalue weighted by molar-refractivity contribution is 6.05. The Bertz CT molecular complexity index is 1550. The van der Waals surface area contributed by atoms with Crippen molar-refractivity contribution >= 4 is 17.6 Å². The molecule has 0 spiro atoms. The van der Waals surface area contributed by atoms with E-state index in [0.29, 0.717) is 28.3 Å². The van der Waals surface area contributed by atoms with Crippen molar-refractivity contribution in [2.24, 2.45) is 5.73 Å². The minimum absolute atomic E-state index is 0.0205. The van der Waals surface area contributed by atoms with Crippen molar-refractivity contribution in [1.82, 2.24) is 20.1 Å². The number of para-hydroxylation sites is 1. The number of amides is 2. The van der Waals surface area contributed by atoms with E-state index in [1.807, 2.05) is 30.3 Å². The lowest BCUT2D eigenvalue weighted by atomic mass is 9.81. The van der Waals surface area contributed by atoms with Gasteiger partial charge >= 0.3 is 6.18 Å². The van der Waals surface area contributed by atoms with E-state index in [9.17, 15) is 27.2 Å². The Morgan fingerprint density at radius 3 is 2.45 bits per heavy atom. The number of nitrogens with zero attached hydrogens (tertiary/aromatic N) is 4. The Morgan fingerprint density at radius 2 is 1.82 bits per heavy atom. The average molecular weight is 553 g/mol. The van der Waals surface area contributed by atoms with Gasteiger partial charge in [-0.15, -0.1) is 0 Å². The van der Waals surface area contributed by atoms with Crippen LogP contribution in [0, 0.1) is 5.95 Å². The molecule has 0 saturated carbocycles. The zero-order valence-electron chi connectivity index (χ0n) is 21.2. The fourth-order valence-corrected chi connectivity index (χ4v) is 4.97. The van der Waals surface area contributed by atoms with Crippen molar-refractivity contribution < 1.29 is 27.2 Å². The fourth-order valence-electron chi connectivity index (χ4n) is 4.97. The van der Waals surface area contributed by atoms with Gasteiger partial charge in [-0.05, 0) is 48.9 Å². The number of rotatable bonds is 6. The number of carbonyl (C=O) groups is 2. The number of aromatic nitrogens is 3. The summed E-state index contributed by atoms with van der Waals surface area (Å²) < 4.78 is 55.3. The lowest BCUT2D eigenvalue weighted by molar-refractivity contribution is -0.137. The Morgan fingerprint density at radius 1 is 1.07 bits per heavy atom. The number of pyridine rings is 1. The first-order valence-corrected chi connectivity index (χ1v) is 12.4. The second kappa shape index (κ2) is 10.5. The molecule has 2 aromatic carbocycles. The minimum atomic E-state index is -4.66. The molecule has 3 N–H and O–H groups in total. The molecule has 3 heterocycles. The van der Waals surface area contributed by atoms with Crippen LogP contribution in [-0.2, 0) is 17.5 Å². The number of benzene rings is 2. The zero-order chi connectivity index (χ0) is 28.6. The number of hydrogen-bond donors (Lipinski definition) is 2. The van der Waals surface area contributed by atoms with E-state index in [2.05, 4.69) is 15.4 Å². The predicted octanol–water partition coefficient (Wildman–Crippen LogP) is 4.18. The lowest BCUT2D eigenvalue weighted by Crippen LogP contribution is -2.55. The van der Waals surface area contributed by atoms with Crippen LogP contribution in [0.2, 0.25) is 0 Å². The van der Waals surface area contributed by atoms with Gasteiger partial charge in [0.1, 0.15) is 11.9 Å². The fraction of sp³-hybridized carbons (Fsp3) is 0.214. The van der Waals surface area contributed by atoms with Crippen LogP contribution in [0.3, 0.4) is 0 Å². The van der Waals surface area contributed by atoms with Gasteiger partial charge in [-0.1, -0.05) is 30.3 Å². The Hall–Kier alpha value is -4.58. The first-order valence-electron chi connectivity index (χ1n) is 12.4. The Kier molecular flexibility index (Phi) is 7.11. The van der Waals surface area contributed by atoms with Crippen molar-refractivity contribution in [2.75, 3.05) is 11.4 Å². The highest BCUT2D eigenvalue weighted by Gasteiger charge is 2.46. The molecule has 0 radical (unpaired) electrons. The maximum atomic E-state index is 14.0. The van der Waals surface area contributed by atoms with Crippen LogP contribution in [0.1, 0.15) is 45.6 Å². The van der Waals surface area contributed by atoms with Crippen LogP contribution in [-0.4, -0.2) is 39.2 Å². The number of alkyl halides is 3. The van der Waals surface area contributed by atoms with Crippen molar-refractivity contribution in [3.63, 3.8) is 0 Å². The van der Waals surface area contributed by atoms with Crippen molar-refractivity contribution in [1.29, 1.82) is 0 Å². The van der Waals surface area contributed by atoms with Crippen LogP contribution in [0.25, 0.3) is 5.69 Å². The van der Waals surface area contributed by atoms with Gasteiger partial charge in [-0.2, -0.15) is 22.7 Å². The van der Waals surface area contributed by atoms with Crippen molar-refractivity contribution in [3.05, 3.63) is 107 Å². The Labute approximate surface area is 226 Å². The standard InChI is InChI=1S/C28H24F4N6O2/c1-2-37-26-23(20(14-33)36-38(26)19-9-4-3-5-10-19)22(17-11-12-21(29)34-15-17)24(27(37)40)35-25(39)16-7-6-8-18(13-16)28(30,31)32/h3-13,15,22,24H,2,14,33H2,1H3,(H,35,39). The first-order chi connectivity index (χ1) is 19.1. The summed E-state index contributed by atoms with van der Waals surface area (Å²) in [7, 11) is 0. The monoisotopic (exact) mass is 552 g/mol. The zero-order valence-corrected chi connectivity index (χ0v) is 21.2. The summed E-state index contributed by atoms with van der Waals surface area (Å²) in [5.74, 6) is -2.63. The Balaban J connectivity index is 1.67. The van der Waals surface area contributed by atoms with Gasteiger partial charge in [0, 0.05) is 36.3 Å². The number of carbonyl (C=O) groups excluding carboxylic acids is 2. The second-order valence-electron chi connectivity index (χ2n) is 9.14. The third-order valence-corrected chi connectivity index (χ3v) is 6.76. The number of fused-ring (bicyclic) bond motifs is 1. The molecular formula is C28H24F4N6O2. The van der Waals surface area contributed by atoms with Crippen molar-refractivity contribution in [3.8, 4) is 5.69 Å². The molecule has 2 aromatic heterocycles. The molecule has 0 saturated heterocycles. The average Bonchev–Trinajstić information content (AvgIpc) is 3.33. The van der Waals surface area contributed by atoms with Gasteiger partial charge in [0.2, 0.25) is 5.95 Å². The van der Waals surface area contributed by atoms with Gasteiger partial charge in [0.15, 0.2) is 0 Å². The van der Waals surface area contributed by atoms with E-state index < -0.39 is 41.5 Å². The normalized spacial score (nSPS) is 17.1.